The predicted molar refractivity (Wildman–Crippen MR) is 115 cm³/mol. The molecule has 0 fully saturated rings. The van der Waals surface area contributed by atoms with Gasteiger partial charge in [-0.05, 0) is 51.0 Å². The van der Waals surface area contributed by atoms with Gasteiger partial charge in [0.15, 0.2) is 0 Å². The van der Waals surface area contributed by atoms with Gasteiger partial charge in [0.05, 0.1) is 6.42 Å². The van der Waals surface area contributed by atoms with Crippen LogP contribution in [0.3, 0.4) is 0 Å². The first kappa shape index (κ1) is 22.3. The highest BCUT2D eigenvalue weighted by Crippen LogP contribution is 2.26. The van der Waals surface area contributed by atoms with Crippen molar-refractivity contribution in [2.45, 2.75) is 52.7 Å². The van der Waals surface area contributed by atoms with Crippen molar-refractivity contribution in [2.75, 3.05) is 0 Å². The number of carbonyl (C=O) groups is 2. The van der Waals surface area contributed by atoms with Gasteiger partial charge in [-0.2, -0.15) is 0 Å². The highest BCUT2D eigenvalue weighted by atomic mass is 35.5. The van der Waals surface area contributed by atoms with E-state index >= 15 is 0 Å². The second-order valence-electron chi connectivity index (χ2n) is 7.22. The lowest BCUT2D eigenvalue weighted by atomic mass is 10.1. The molecule has 0 aromatic heterocycles. The number of hydrogen-bond acceptors (Lipinski definition) is 2. The third-order valence-corrected chi connectivity index (χ3v) is 5.17. The Hall–Kier alpha value is -2.04. The first-order valence-electron chi connectivity index (χ1n) is 9.27. The summed E-state index contributed by atoms with van der Waals surface area (Å²) < 4.78 is 0. The molecule has 0 saturated heterocycles. The SMILES string of the molecule is Cc1ccc(CN(C(=O)Cc2c(Cl)cccc2Cl)[C@H](C)C(=O)NC(C)C)cc1. The Labute approximate surface area is 176 Å². The molecular weight excluding hydrogens is 395 g/mol. The molecule has 0 saturated carbocycles. The van der Waals surface area contributed by atoms with E-state index in [-0.39, 0.29) is 24.3 Å². The highest BCUT2D eigenvalue weighted by Gasteiger charge is 2.27. The van der Waals surface area contributed by atoms with E-state index in [0.29, 0.717) is 22.2 Å². The molecule has 4 nitrogen and oxygen atoms in total. The maximum absolute atomic E-state index is 13.1. The van der Waals surface area contributed by atoms with Crippen molar-refractivity contribution in [3.05, 3.63) is 69.2 Å². The molecule has 6 heteroatoms. The first-order valence-corrected chi connectivity index (χ1v) is 10.0. The number of halogens is 2. The quantitative estimate of drug-likeness (QED) is 0.699. The molecule has 1 atom stereocenters. The Kier molecular flexibility index (Phi) is 7.90. The Bertz CT molecular complexity index is 815. The molecule has 28 heavy (non-hydrogen) atoms. The largest absolute Gasteiger partial charge is 0.352 e. The topological polar surface area (TPSA) is 49.4 Å². The van der Waals surface area contributed by atoms with Crippen molar-refractivity contribution in [3.8, 4) is 0 Å². The summed E-state index contributed by atoms with van der Waals surface area (Å²) in [6, 6.07) is 12.4. The number of nitrogens with zero attached hydrogens (tertiary/aromatic N) is 1. The molecule has 2 rings (SSSR count). The van der Waals surface area contributed by atoms with Gasteiger partial charge in [-0.15, -0.1) is 0 Å². The average Bonchev–Trinajstić information content (AvgIpc) is 2.63. The van der Waals surface area contributed by atoms with Crippen LogP contribution < -0.4 is 5.32 Å². The molecule has 0 spiro atoms. The Morgan fingerprint density at radius 1 is 1.00 bits per heavy atom. The average molecular weight is 421 g/mol. The summed E-state index contributed by atoms with van der Waals surface area (Å²) in [5.74, 6) is -0.400. The number of benzene rings is 2. The van der Waals surface area contributed by atoms with Gasteiger partial charge in [-0.1, -0.05) is 59.1 Å². The zero-order chi connectivity index (χ0) is 20.8. The standard InChI is InChI=1S/C22H26Cl2N2O2/c1-14(2)25-22(28)16(4)26(13-17-10-8-15(3)9-11-17)21(27)12-18-19(23)6-5-7-20(18)24/h5-11,14,16H,12-13H2,1-4H3,(H,25,28)/t16-/m1/s1. The zero-order valence-corrected chi connectivity index (χ0v) is 18.1. The molecule has 0 radical (unpaired) electrons. The minimum Gasteiger partial charge on any atom is -0.352 e. The van der Waals surface area contributed by atoms with Crippen LogP contribution in [0.4, 0.5) is 0 Å². The molecule has 2 aromatic carbocycles. The second-order valence-corrected chi connectivity index (χ2v) is 8.04. The van der Waals surface area contributed by atoms with Gasteiger partial charge in [0, 0.05) is 22.6 Å². The van der Waals surface area contributed by atoms with Crippen LogP contribution in [0.15, 0.2) is 42.5 Å². The van der Waals surface area contributed by atoms with Gasteiger partial charge in [0.2, 0.25) is 11.8 Å². The lowest BCUT2D eigenvalue weighted by Crippen LogP contribution is -2.49. The summed E-state index contributed by atoms with van der Waals surface area (Å²) >= 11 is 12.5. The molecule has 1 N–H and O–H groups in total. The molecular formula is C22H26Cl2N2O2. The van der Waals surface area contributed by atoms with E-state index in [1.807, 2.05) is 45.0 Å². The lowest BCUT2D eigenvalue weighted by Gasteiger charge is -2.29. The number of hydrogen-bond donors (Lipinski definition) is 1. The van der Waals surface area contributed by atoms with E-state index in [1.54, 1.807) is 30.0 Å². The molecule has 0 bridgehead atoms. The normalized spacial score (nSPS) is 12.0. The molecule has 0 aliphatic carbocycles. The maximum atomic E-state index is 13.1. The molecule has 0 aliphatic rings. The van der Waals surface area contributed by atoms with Crippen molar-refractivity contribution < 1.29 is 9.59 Å². The number of carbonyl (C=O) groups excluding carboxylic acids is 2. The molecule has 150 valence electrons. The Balaban J connectivity index is 2.29. The fourth-order valence-electron chi connectivity index (χ4n) is 2.83. The fourth-order valence-corrected chi connectivity index (χ4v) is 3.36. The van der Waals surface area contributed by atoms with Crippen molar-refractivity contribution in [1.29, 1.82) is 0 Å². The monoisotopic (exact) mass is 420 g/mol. The van der Waals surface area contributed by atoms with Crippen LogP contribution in [0.2, 0.25) is 10.0 Å². The Morgan fingerprint density at radius 3 is 2.11 bits per heavy atom. The summed E-state index contributed by atoms with van der Waals surface area (Å²) in [5, 5.41) is 3.75. The van der Waals surface area contributed by atoms with Crippen molar-refractivity contribution in [1.82, 2.24) is 10.2 Å². The third kappa shape index (κ3) is 5.98. The summed E-state index contributed by atoms with van der Waals surface area (Å²) in [6.07, 6.45) is 0.0314. The molecule has 2 aromatic rings. The highest BCUT2D eigenvalue weighted by molar-refractivity contribution is 6.36. The second kappa shape index (κ2) is 9.94. The fraction of sp³-hybridized carbons (Fsp3) is 0.364. The van der Waals surface area contributed by atoms with Gasteiger partial charge in [0.1, 0.15) is 6.04 Å². The van der Waals surface area contributed by atoms with Gasteiger partial charge in [-0.25, -0.2) is 0 Å². The van der Waals surface area contributed by atoms with Crippen LogP contribution >= 0.6 is 23.2 Å². The van der Waals surface area contributed by atoms with E-state index in [2.05, 4.69) is 5.32 Å². The summed E-state index contributed by atoms with van der Waals surface area (Å²) in [5.41, 5.74) is 2.66. The molecule has 2 amide bonds. The maximum Gasteiger partial charge on any atom is 0.242 e. The van der Waals surface area contributed by atoms with Gasteiger partial charge < -0.3 is 10.2 Å². The van der Waals surface area contributed by atoms with E-state index < -0.39 is 6.04 Å². The molecule has 0 aliphatic heterocycles. The van der Waals surface area contributed by atoms with Crippen molar-refractivity contribution in [2.24, 2.45) is 0 Å². The number of aryl methyl sites for hydroxylation is 1. The van der Waals surface area contributed by atoms with Crippen LogP contribution in [0, 0.1) is 6.92 Å². The van der Waals surface area contributed by atoms with Gasteiger partial charge in [0.25, 0.3) is 0 Å². The van der Waals surface area contributed by atoms with Crippen molar-refractivity contribution in [3.63, 3.8) is 0 Å². The summed E-state index contributed by atoms with van der Waals surface area (Å²) in [6.45, 7) is 7.84. The summed E-state index contributed by atoms with van der Waals surface area (Å²) in [4.78, 5) is 27.3. The van der Waals surface area contributed by atoms with Gasteiger partial charge in [-0.3, -0.25) is 9.59 Å². The van der Waals surface area contributed by atoms with Crippen LogP contribution in [0.1, 0.15) is 37.5 Å². The number of rotatable bonds is 7. The molecule has 0 unspecified atom stereocenters. The third-order valence-electron chi connectivity index (χ3n) is 4.46. The van der Waals surface area contributed by atoms with Gasteiger partial charge >= 0.3 is 0 Å². The van der Waals surface area contributed by atoms with E-state index in [9.17, 15) is 9.59 Å². The summed E-state index contributed by atoms with van der Waals surface area (Å²) in [7, 11) is 0. The van der Waals surface area contributed by atoms with Crippen molar-refractivity contribution >= 4 is 35.0 Å². The van der Waals surface area contributed by atoms with Crippen LogP contribution in [-0.4, -0.2) is 28.8 Å². The Morgan fingerprint density at radius 2 is 1.57 bits per heavy atom. The zero-order valence-electron chi connectivity index (χ0n) is 16.6. The predicted octanol–water partition coefficient (Wildman–Crippen LogP) is 4.79. The minimum atomic E-state index is -0.627. The van der Waals surface area contributed by atoms with E-state index in [4.69, 9.17) is 23.2 Å². The smallest absolute Gasteiger partial charge is 0.242 e. The molecule has 0 heterocycles. The first-order chi connectivity index (χ1) is 13.2. The van der Waals surface area contributed by atoms with Crippen LogP contribution in [0.25, 0.3) is 0 Å². The number of amides is 2. The minimum absolute atomic E-state index is 0.00992. The van der Waals surface area contributed by atoms with E-state index in [1.165, 1.54) is 0 Å². The van der Waals surface area contributed by atoms with E-state index in [0.717, 1.165) is 11.1 Å². The lowest BCUT2D eigenvalue weighted by molar-refractivity contribution is -0.140. The van der Waals surface area contributed by atoms with Crippen LogP contribution in [0.5, 0.6) is 0 Å². The van der Waals surface area contributed by atoms with Crippen LogP contribution in [-0.2, 0) is 22.6 Å². The number of nitrogens with one attached hydrogen (secondary N) is 1.